The summed E-state index contributed by atoms with van der Waals surface area (Å²) < 4.78 is 18.8. The zero-order chi connectivity index (χ0) is 17.4. The first kappa shape index (κ1) is 21.4. The van der Waals surface area contributed by atoms with E-state index in [1.807, 2.05) is 36.4 Å². The van der Waals surface area contributed by atoms with E-state index in [-0.39, 0.29) is 35.9 Å². The van der Waals surface area contributed by atoms with E-state index in [4.69, 9.17) is 4.74 Å². The molecule has 1 unspecified atom stereocenters. The first-order valence-electron chi connectivity index (χ1n) is 7.91. The van der Waals surface area contributed by atoms with Crippen LogP contribution in [0.1, 0.15) is 22.8 Å². The molecule has 0 radical (unpaired) electrons. The molecule has 0 bridgehead atoms. The zero-order valence-electron chi connectivity index (χ0n) is 14.8. The number of rotatable bonds is 6. The summed E-state index contributed by atoms with van der Waals surface area (Å²) in [6.45, 7) is 2.93. The minimum Gasteiger partial charge on any atom is -0.375 e. The molecule has 2 aromatic rings. The van der Waals surface area contributed by atoms with Crippen LogP contribution < -0.4 is 10.6 Å². The minimum atomic E-state index is -0.188. The average molecular weight is 457 g/mol. The molecule has 0 aliphatic carbocycles. The van der Waals surface area contributed by atoms with Crippen LogP contribution in [0.2, 0.25) is 0 Å². The van der Waals surface area contributed by atoms with Crippen molar-refractivity contribution in [2.75, 3.05) is 20.7 Å². The molecule has 2 N–H and O–H groups in total. The van der Waals surface area contributed by atoms with Gasteiger partial charge in [-0.25, -0.2) is 4.39 Å². The van der Waals surface area contributed by atoms with Crippen LogP contribution in [0.3, 0.4) is 0 Å². The lowest BCUT2D eigenvalue weighted by Gasteiger charge is -2.19. The van der Waals surface area contributed by atoms with E-state index < -0.39 is 0 Å². The Morgan fingerprint density at radius 1 is 1.16 bits per heavy atom. The molecule has 0 amide bonds. The fraction of sp³-hybridized carbons (Fsp3) is 0.316. The van der Waals surface area contributed by atoms with E-state index >= 15 is 0 Å². The van der Waals surface area contributed by atoms with Gasteiger partial charge in [0.25, 0.3) is 0 Å². The number of ether oxygens (including phenoxy) is 1. The number of benzene rings is 2. The monoisotopic (exact) mass is 457 g/mol. The average Bonchev–Trinajstić information content (AvgIpc) is 2.62. The van der Waals surface area contributed by atoms with E-state index in [9.17, 15) is 4.39 Å². The van der Waals surface area contributed by atoms with Crippen molar-refractivity contribution >= 4 is 29.9 Å². The standard InChI is InChI=1S/C19H24FN3O.HI/c1-14-11-15(9-10-17(14)20)12-22-19(21-2)23-13-18(24-3)16-7-5-4-6-8-16;/h4-11,18H,12-13H2,1-3H3,(H2,21,22,23);1H. The minimum absolute atomic E-state index is 0. The first-order chi connectivity index (χ1) is 11.6. The molecule has 25 heavy (non-hydrogen) atoms. The van der Waals surface area contributed by atoms with Gasteiger partial charge >= 0.3 is 0 Å². The van der Waals surface area contributed by atoms with Crippen LogP contribution >= 0.6 is 24.0 Å². The third-order valence-electron chi connectivity index (χ3n) is 3.82. The van der Waals surface area contributed by atoms with Gasteiger partial charge in [-0.1, -0.05) is 42.5 Å². The highest BCUT2D eigenvalue weighted by atomic mass is 127. The van der Waals surface area contributed by atoms with Crippen LogP contribution in [0.5, 0.6) is 0 Å². The van der Waals surface area contributed by atoms with Crippen molar-refractivity contribution in [3.8, 4) is 0 Å². The summed E-state index contributed by atoms with van der Waals surface area (Å²) in [7, 11) is 3.41. The van der Waals surface area contributed by atoms with Crippen LogP contribution in [-0.4, -0.2) is 26.7 Å². The first-order valence-corrected chi connectivity index (χ1v) is 7.91. The van der Waals surface area contributed by atoms with Crippen LogP contribution in [0.15, 0.2) is 53.5 Å². The van der Waals surface area contributed by atoms with Gasteiger partial charge in [-0.3, -0.25) is 4.99 Å². The summed E-state index contributed by atoms with van der Waals surface area (Å²) in [6, 6.07) is 15.1. The Bertz CT molecular complexity index is 680. The number of nitrogens with zero attached hydrogens (tertiary/aromatic N) is 1. The lowest BCUT2D eigenvalue weighted by atomic mass is 10.1. The fourth-order valence-corrected chi connectivity index (χ4v) is 2.42. The lowest BCUT2D eigenvalue weighted by Crippen LogP contribution is -2.39. The molecule has 0 aromatic heterocycles. The summed E-state index contributed by atoms with van der Waals surface area (Å²) in [6.07, 6.45) is -0.0576. The summed E-state index contributed by atoms with van der Waals surface area (Å²) >= 11 is 0. The van der Waals surface area contributed by atoms with Crippen molar-refractivity contribution in [3.63, 3.8) is 0 Å². The van der Waals surface area contributed by atoms with Crippen LogP contribution in [0, 0.1) is 12.7 Å². The number of hydrogen-bond acceptors (Lipinski definition) is 2. The van der Waals surface area contributed by atoms with Gasteiger partial charge in [0.1, 0.15) is 5.82 Å². The maximum atomic E-state index is 13.3. The Hall–Kier alpha value is -1.67. The molecule has 4 nitrogen and oxygen atoms in total. The van der Waals surface area contributed by atoms with Gasteiger partial charge in [0.2, 0.25) is 0 Å². The number of hydrogen-bond donors (Lipinski definition) is 2. The number of guanidine groups is 1. The molecule has 2 rings (SSSR count). The molecule has 6 heteroatoms. The second kappa shape index (κ2) is 11.0. The van der Waals surface area contributed by atoms with Crippen molar-refractivity contribution in [2.45, 2.75) is 19.6 Å². The molecule has 1 atom stereocenters. The molecule has 0 aliphatic rings. The van der Waals surface area contributed by atoms with Crippen molar-refractivity contribution in [2.24, 2.45) is 4.99 Å². The van der Waals surface area contributed by atoms with Crippen molar-refractivity contribution in [3.05, 3.63) is 71.0 Å². The fourth-order valence-electron chi connectivity index (χ4n) is 2.42. The van der Waals surface area contributed by atoms with Gasteiger partial charge < -0.3 is 15.4 Å². The second-order valence-electron chi connectivity index (χ2n) is 5.53. The molecule has 0 aliphatic heterocycles. The maximum Gasteiger partial charge on any atom is 0.191 e. The largest absolute Gasteiger partial charge is 0.375 e. The van der Waals surface area contributed by atoms with Gasteiger partial charge in [-0.05, 0) is 29.7 Å². The Morgan fingerprint density at radius 3 is 2.48 bits per heavy atom. The molecule has 0 spiro atoms. The van der Waals surface area contributed by atoms with E-state index in [2.05, 4.69) is 15.6 Å². The number of halogens is 2. The number of aryl methyl sites for hydroxylation is 1. The Morgan fingerprint density at radius 2 is 1.88 bits per heavy atom. The molecule has 0 heterocycles. The Labute approximate surface area is 165 Å². The van der Waals surface area contributed by atoms with E-state index in [1.165, 1.54) is 6.07 Å². The van der Waals surface area contributed by atoms with Gasteiger partial charge in [0, 0.05) is 27.2 Å². The number of aliphatic imine (C=N–C) groups is 1. The van der Waals surface area contributed by atoms with E-state index in [1.54, 1.807) is 27.1 Å². The molecular weight excluding hydrogens is 432 g/mol. The highest BCUT2D eigenvalue weighted by Crippen LogP contribution is 2.14. The van der Waals surface area contributed by atoms with Gasteiger partial charge in [-0.15, -0.1) is 24.0 Å². The Kier molecular flexibility index (Phi) is 9.44. The van der Waals surface area contributed by atoms with Gasteiger partial charge in [0.05, 0.1) is 6.10 Å². The molecular formula is C19H25FIN3O. The lowest BCUT2D eigenvalue weighted by molar-refractivity contribution is 0.106. The molecule has 0 fully saturated rings. The highest BCUT2D eigenvalue weighted by molar-refractivity contribution is 14.0. The summed E-state index contributed by atoms with van der Waals surface area (Å²) in [4.78, 5) is 4.21. The van der Waals surface area contributed by atoms with E-state index in [0.717, 1.165) is 11.1 Å². The maximum absolute atomic E-state index is 13.3. The van der Waals surface area contributed by atoms with Gasteiger partial charge in [0.15, 0.2) is 5.96 Å². The molecule has 0 saturated carbocycles. The van der Waals surface area contributed by atoms with Crippen LogP contribution in [-0.2, 0) is 11.3 Å². The third kappa shape index (κ3) is 6.62. The number of nitrogens with one attached hydrogen (secondary N) is 2. The smallest absolute Gasteiger partial charge is 0.191 e. The van der Waals surface area contributed by atoms with Crippen molar-refractivity contribution in [1.82, 2.24) is 10.6 Å². The second-order valence-corrected chi connectivity index (χ2v) is 5.53. The van der Waals surface area contributed by atoms with Crippen LogP contribution in [0.4, 0.5) is 4.39 Å². The summed E-state index contributed by atoms with van der Waals surface area (Å²) in [5.41, 5.74) is 2.75. The number of methoxy groups -OCH3 is 1. The predicted octanol–water partition coefficient (Wildman–Crippen LogP) is 3.80. The predicted molar refractivity (Wildman–Crippen MR) is 111 cm³/mol. The van der Waals surface area contributed by atoms with Crippen molar-refractivity contribution in [1.29, 1.82) is 0 Å². The molecule has 2 aromatic carbocycles. The Balaban J connectivity index is 0.00000312. The van der Waals surface area contributed by atoms with Gasteiger partial charge in [-0.2, -0.15) is 0 Å². The summed E-state index contributed by atoms with van der Waals surface area (Å²) in [5, 5.41) is 6.48. The van der Waals surface area contributed by atoms with E-state index in [0.29, 0.717) is 24.6 Å². The zero-order valence-corrected chi connectivity index (χ0v) is 17.1. The molecule has 0 saturated heterocycles. The third-order valence-corrected chi connectivity index (χ3v) is 3.82. The quantitative estimate of drug-likeness (QED) is 0.394. The summed E-state index contributed by atoms with van der Waals surface area (Å²) in [5.74, 6) is 0.488. The molecule has 136 valence electrons. The van der Waals surface area contributed by atoms with Crippen molar-refractivity contribution < 1.29 is 9.13 Å². The normalized spacial score (nSPS) is 12.2. The topological polar surface area (TPSA) is 45.7 Å². The van der Waals surface area contributed by atoms with Crippen LogP contribution in [0.25, 0.3) is 0 Å². The highest BCUT2D eigenvalue weighted by Gasteiger charge is 2.10. The SMILES string of the molecule is CN=C(NCc1ccc(F)c(C)c1)NCC(OC)c1ccccc1.I.